The molecule has 6 heteroatoms. The van der Waals surface area contributed by atoms with Crippen molar-refractivity contribution >= 4 is 16.9 Å². The minimum absolute atomic E-state index is 0.0929. The predicted molar refractivity (Wildman–Crippen MR) is 105 cm³/mol. The van der Waals surface area contributed by atoms with Gasteiger partial charge in [-0.1, -0.05) is 30.3 Å². The van der Waals surface area contributed by atoms with Crippen molar-refractivity contribution in [2.45, 2.75) is 18.9 Å². The number of rotatable bonds is 6. The summed E-state index contributed by atoms with van der Waals surface area (Å²) in [5.41, 5.74) is 1.72. The van der Waals surface area contributed by atoms with E-state index in [1.165, 1.54) is 6.07 Å². The first-order chi connectivity index (χ1) is 13.7. The van der Waals surface area contributed by atoms with E-state index in [1.54, 1.807) is 12.1 Å². The van der Waals surface area contributed by atoms with Crippen molar-refractivity contribution in [1.29, 1.82) is 0 Å². The van der Waals surface area contributed by atoms with Crippen LogP contribution in [0.1, 0.15) is 12.8 Å². The molecule has 1 aromatic heterocycles. The normalized spacial score (nSPS) is 16.2. The summed E-state index contributed by atoms with van der Waals surface area (Å²) >= 11 is 0. The number of carbonyl (C=O) groups excluding carboxylic acids is 1. The summed E-state index contributed by atoms with van der Waals surface area (Å²) in [6.45, 7) is 1.14. The van der Waals surface area contributed by atoms with Gasteiger partial charge in [0.25, 0.3) is 5.91 Å². The molecule has 0 aliphatic carbocycles. The van der Waals surface area contributed by atoms with E-state index in [0.717, 1.165) is 36.0 Å². The number of hydrogen-bond donors (Lipinski definition) is 1. The van der Waals surface area contributed by atoms with Gasteiger partial charge in [-0.05, 0) is 36.1 Å². The van der Waals surface area contributed by atoms with Crippen LogP contribution in [0.25, 0.3) is 22.1 Å². The standard InChI is InChI=1S/C22H21NO5/c24-21(23-13-17-7-4-10-26-17)14-27-16-8-9-18-19(15-5-2-1-3-6-15)12-22(25)28-20(18)11-16/h1-3,5-6,8-9,11-12,17H,4,7,10,13-14H2,(H,23,24)/t17-/m0/s1. The number of carbonyl (C=O) groups is 1. The fourth-order valence-corrected chi connectivity index (χ4v) is 3.32. The Bertz CT molecular complexity index is 1020. The highest BCUT2D eigenvalue weighted by Gasteiger charge is 2.16. The average Bonchev–Trinajstić information content (AvgIpc) is 3.24. The molecule has 6 nitrogen and oxygen atoms in total. The molecule has 2 heterocycles. The Kier molecular flexibility index (Phi) is 5.39. The molecule has 1 atom stereocenters. The second-order valence-electron chi connectivity index (χ2n) is 6.73. The van der Waals surface area contributed by atoms with Crippen molar-refractivity contribution in [3.63, 3.8) is 0 Å². The molecule has 1 amide bonds. The van der Waals surface area contributed by atoms with E-state index < -0.39 is 5.63 Å². The number of nitrogens with one attached hydrogen (secondary N) is 1. The highest BCUT2D eigenvalue weighted by Crippen LogP contribution is 2.29. The van der Waals surface area contributed by atoms with Gasteiger partial charge in [-0.2, -0.15) is 0 Å². The van der Waals surface area contributed by atoms with E-state index in [-0.39, 0.29) is 18.6 Å². The van der Waals surface area contributed by atoms with Crippen molar-refractivity contribution in [3.05, 3.63) is 65.0 Å². The molecule has 1 saturated heterocycles. The van der Waals surface area contributed by atoms with Gasteiger partial charge in [0.1, 0.15) is 11.3 Å². The van der Waals surface area contributed by atoms with Crippen LogP contribution in [-0.4, -0.2) is 31.8 Å². The molecule has 144 valence electrons. The van der Waals surface area contributed by atoms with E-state index in [0.29, 0.717) is 17.9 Å². The Labute approximate surface area is 162 Å². The monoisotopic (exact) mass is 379 g/mol. The summed E-state index contributed by atoms with van der Waals surface area (Å²) in [5, 5.41) is 3.62. The molecule has 0 bridgehead atoms. The molecule has 1 fully saturated rings. The zero-order valence-electron chi connectivity index (χ0n) is 15.4. The molecule has 3 aromatic rings. The summed E-state index contributed by atoms with van der Waals surface area (Å²) in [7, 11) is 0. The number of amides is 1. The minimum atomic E-state index is -0.433. The number of hydrogen-bond acceptors (Lipinski definition) is 5. The maximum atomic E-state index is 12.0. The van der Waals surface area contributed by atoms with Gasteiger partial charge in [-0.15, -0.1) is 0 Å². The van der Waals surface area contributed by atoms with Crippen LogP contribution < -0.4 is 15.7 Å². The lowest BCUT2D eigenvalue weighted by atomic mass is 10.0. The lowest BCUT2D eigenvalue weighted by molar-refractivity contribution is -0.123. The van der Waals surface area contributed by atoms with Gasteiger partial charge in [0, 0.05) is 30.7 Å². The van der Waals surface area contributed by atoms with Crippen molar-refractivity contribution < 1.29 is 18.7 Å². The Balaban J connectivity index is 1.47. The zero-order valence-corrected chi connectivity index (χ0v) is 15.4. The fourth-order valence-electron chi connectivity index (χ4n) is 3.32. The highest BCUT2D eigenvalue weighted by molar-refractivity contribution is 5.93. The van der Waals surface area contributed by atoms with Crippen molar-refractivity contribution in [3.8, 4) is 16.9 Å². The van der Waals surface area contributed by atoms with Crippen LogP contribution in [0.5, 0.6) is 5.75 Å². The predicted octanol–water partition coefficient (Wildman–Crippen LogP) is 3.13. The van der Waals surface area contributed by atoms with Gasteiger partial charge in [0.05, 0.1) is 6.10 Å². The number of benzene rings is 2. The Hall–Kier alpha value is -3.12. The van der Waals surface area contributed by atoms with Crippen LogP contribution in [0.3, 0.4) is 0 Å². The van der Waals surface area contributed by atoms with Crippen LogP contribution in [-0.2, 0) is 9.53 Å². The second-order valence-corrected chi connectivity index (χ2v) is 6.73. The highest BCUT2D eigenvalue weighted by atomic mass is 16.5. The molecule has 0 radical (unpaired) electrons. The topological polar surface area (TPSA) is 77.8 Å². The first-order valence-electron chi connectivity index (χ1n) is 9.33. The number of fused-ring (bicyclic) bond motifs is 1. The van der Waals surface area contributed by atoms with Gasteiger partial charge in [0.15, 0.2) is 6.61 Å². The van der Waals surface area contributed by atoms with Gasteiger partial charge < -0.3 is 19.2 Å². The lowest BCUT2D eigenvalue weighted by Crippen LogP contribution is -2.35. The fraction of sp³-hybridized carbons (Fsp3) is 0.273. The Morgan fingerprint density at radius 3 is 2.79 bits per heavy atom. The van der Waals surface area contributed by atoms with Gasteiger partial charge in [-0.25, -0.2) is 4.79 Å². The minimum Gasteiger partial charge on any atom is -0.484 e. The van der Waals surface area contributed by atoms with Crippen molar-refractivity contribution in [2.75, 3.05) is 19.8 Å². The first-order valence-corrected chi connectivity index (χ1v) is 9.33. The third kappa shape index (κ3) is 4.23. The van der Waals surface area contributed by atoms with Crippen molar-refractivity contribution in [1.82, 2.24) is 5.32 Å². The summed E-state index contributed by atoms with van der Waals surface area (Å²) < 4.78 is 16.4. The van der Waals surface area contributed by atoms with Gasteiger partial charge in [-0.3, -0.25) is 4.79 Å². The van der Waals surface area contributed by atoms with Gasteiger partial charge >= 0.3 is 5.63 Å². The van der Waals surface area contributed by atoms with E-state index in [9.17, 15) is 9.59 Å². The van der Waals surface area contributed by atoms with E-state index in [1.807, 2.05) is 36.4 Å². The molecule has 4 rings (SSSR count). The molecule has 0 unspecified atom stereocenters. The average molecular weight is 379 g/mol. The molecule has 1 N–H and O–H groups in total. The quantitative estimate of drug-likeness (QED) is 0.666. The van der Waals surface area contributed by atoms with Crippen LogP contribution in [0, 0.1) is 0 Å². The molecule has 0 saturated carbocycles. The van der Waals surface area contributed by atoms with Gasteiger partial charge in [0.2, 0.25) is 0 Å². The number of ether oxygens (including phenoxy) is 2. The maximum absolute atomic E-state index is 12.0. The molecule has 2 aromatic carbocycles. The molecular weight excluding hydrogens is 358 g/mol. The molecule has 1 aliphatic rings. The second kappa shape index (κ2) is 8.27. The van der Waals surface area contributed by atoms with E-state index in [2.05, 4.69) is 5.32 Å². The third-order valence-corrected chi connectivity index (χ3v) is 4.72. The summed E-state index contributed by atoms with van der Waals surface area (Å²) in [6.07, 6.45) is 2.09. The summed E-state index contributed by atoms with van der Waals surface area (Å²) in [6, 6.07) is 16.4. The lowest BCUT2D eigenvalue weighted by Gasteiger charge is -2.12. The van der Waals surface area contributed by atoms with Crippen LogP contribution >= 0.6 is 0 Å². The smallest absolute Gasteiger partial charge is 0.336 e. The maximum Gasteiger partial charge on any atom is 0.336 e. The summed E-state index contributed by atoms with van der Waals surface area (Å²) in [4.78, 5) is 23.9. The van der Waals surface area contributed by atoms with E-state index in [4.69, 9.17) is 13.9 Å². The molecular formula is C22H21NO5. The first kappa shape index (κ1) is 18.3. The van der Waals surface area contributed by atoms with Crippen LogP contribution in [0.4, 0.5) is 0 Å². The molecule has 1 aliphatic heterocycles. The van der Waals surface area contributed by atoms with Crippen LogP contribution in [0.15, 0.2) is 63.8 Å². The van der Waals surface area contributed by atoms with Crippen molar-refractivity contribution in [2.24, 2.45) is 0 Å². The molecule has 0 spiro atoms. The zero-order chi connectivity index (χ0) is 19.3. The third-order valence-electron chi connectivity index (χ3n) is 4.72. The molecule has 28 heavy (non-hydrogen) atoms. The Morgan fingerprint density at radius 1 is 1.14 bits per heavy atom. The van der Waals surface area contributed by atoms with E-state index >= 15 is 0 Å². The Morgan fingerprint density at radius 2 is 2.00 bits per heavy atom. The van der Waals surface area contributed by atoms with Crippen LogP contribution in [0.2, 0.25) is 0 Å². The summed E-state index contributed by atoms with van der Waals surface area (Å²) in [5.74, 6) is 0.253. The SMILES string of the molecule is O=C(COc1ccc2c(-c3ccccc3)cc(=O)oc2c1)NC[C@@H]1CCCO1. The largest absolute Gasteiger partial charge is 0.484 e.